The number of nitrogens with one attached hydrogen (secondary N) is 1. The van der Waals surface area contributed by atoms with Crippen LogP contribution in [0, 0.1) is 0 Å². The Morgan fingerprint density at radius 1 is 1.03 bits per heavy atom. The molecule has 0 aromatic heterocycles. The second kappa shape index (κ2) is 9.80. The van der Waals surface area contributed by atoms with Gasteiger partial charge >= 0.3 is 5.97 Å². The number of methoxy groups -OCH3 is 2. The number of piperazine rings is 1. The molecule has 3 rings (SSSR count). The van der Waals surface area contributed by atoms with E-state index in [-0.39, 0.29) is 5.91 Å². The number of rotatable bonds is 5. The highest BCUT2D eigenvalue weighted by molar-refractivity contribution is 9.11. The van der Waals surface area contributed by atoms with E-state index in [1.54, 1.807) is 18.2 Å². The molecule has 1 N–H and O–H groups in total. The molecular weight excluding hydrogens is 518 g/mol. The fraction of sp³-hybridized carbons (Fsp3) is 0.333. The van der Waals surface area contributed by atoms with Crippen molar-refractivity contribution in [3.63, 3.8) is 0 Å². The number of benzene rings is 2. The van der Waals surface area contributed by atoms with Crippen LogP contribution in [0.3, 0.4) is 0 Å². The summed E-state index contributed by atoms with van der Waals surface area (Å²) in [6.07, 6.45) is 0. The fourth-order valence-electron chi connectivity index (χ4n) is 3.33. The van der Waals surface area contributed by atoms with Gasteiger partial charge in [0.1, 0.15) is 5.75 Å². The van der Waals surface area contributed by atoms with E-state index in [0.717, 1.165) is 36.3 Å². The standard InChI is InChI=1S/C21H23Br2N3O4/c1-25-6-8-26(9-7-25)18-5-4-13(21(28)30-3)10-17(18)24-20(27)15-11-14(22)12-16(23)19(15)29-2/h4-5,10-12H,6-9H2,1-3H3,(H,24,27). The predicted octanol–water partition coefficient (Wildman–Crippen LogP) is 4.01. The summed E-state index contributed by atoms with van der Waals surface area (Å²) in [5.74, 6) is -0.370. The van der Waals surface area contributed by atoms with E-state index in [1.807, 2.05) is 12.1 Å². The molecule has 1 amide bonds. The number of likely N-dealkylation sites (N-methyl/N-ethyl adjacent to an activating group) is 1. The maximum Gasteiger partial charge on any atom is 0.337 e. The summed E-state index contributed by atoms with van der Waals surface area (Å²) in [6.45, 7) is 3.47. The highest BCUT2D eigenvalue weighted by atomic mass is 79.9. The Hall–Kier alpha value is -2.10. The molecule has 0 bridgehead atoms. The number of hydrogen-bond acceptors (Lipinski definition) is 6. The minimum absolute atomic E-state index is 0.341. The molecule has 2 aromatic rings. The first-order chi connectivity index (χ1) is 14.3. The first kappa shape index (κ1) is 22.6. The van der Waals surface area contributed by atoms with Crippen molar-refractivity contribution in [2.24, 2.45) is 0 Å². The van der Waals surface area contributed by atoms with Crippen LogP contribution in [-0.2, 0) is 4.74 Å². The molecule has 160 valence electrons. The van der Waals surface area contributed by atoms with E-state index in [4.69, 9.17) is 9.47 Å². The number of nitrogens with zero attached hydrogens (tertiary/aromatic N) is 2. The molecule has 0 aliphatic carbocycles. The van der Waals surface area contributed by atoms with E-state index < -0.39 is 5.97 Å². The van der Waals surface area contributed by atoms with Gasteiger partial charge in [-0.05, 0) is 53.3 Å². The average molecular weight is 541 g/mol. The van der Waals surface area contributed by atoms with E-state index in [2.05, 4.69) is 54.0 Å². The number of ether oxygens (including phenoxy) is 2. The summed E-state index contributed by atoms with van der Waals surface area (Å²) in [7, 11) is 4.93. The topological polar surface area (TPSA) is 71.1 Å². The highest BCUT2D eigenvalue weighted by Crippen LogP contribution is 2.34. The number of anilines is 2. The Labute approximate surface area is 192 Å². The molecule has 0 saturated carbocycles. The van der Waals surface area contributed by atoms with Crippen LogP contribution in [0.4, 0.5) is 11.4 Å². The van der Waals surface area contributed by atoms with Crippen LogP contribution in [0.25, 0.3) is 0 Å². The highest BCUT2D eigenvalue weighted by Gasteiger charge is 2.22. The van der Waals surface area contributed by atoms with E-state index >= 15 is 0 Å². The van der Waals surface area contributed by atoms with E-state index in [1.165, 1.54) is 14.2 Å². The molecule has 1 heterocycles. The predicted molar refractivity (Wildman–Crippen MR) is 124 cm³/mol. The minimum Gasteiger partial charge on any atom is -0.495 e. The largest absolute Gasteiger partial charge is 0.495 e. The Morgan fingerprint density at radius 2 is 1.73 bits per heavy atom. The van der Waals surface area contributed by atoms with Crippen molar-refractivity contribution >= 4 is 55.1 Å². The number of halogens is 2. The van der Waals surface area contributed by atoms with Crippen molar-refractivity contribution in [1.29, 1.82) is 0 Å². The van der Waals surface area contributed by atoms with Crippen molar-refractivity contribution in [2.45, 2.75) is 0 Å². The van der Waals surface area contributed by atoms with Gasteiger partial charge in [-0.2, -0.15) is 0 Å². The number of hydrogen-bond donors (Lipinski definition) is 1. The smallest absolute Gasteiger partial charge is 0.337 e. The lowest BCUT2D eigenvalue weighted by Crippen LogP contribution is -2.44. The third-order valence-electron chi connectivity index (χ3n) is 4.97. The zero-order valence-electron chi connectivity index (χ0n) is 17.0. The molecule has 1 aliphatic heterocycles. The lowest BCUT2D eigenvalue weighted by atomic mass is 10.1. The molecule has 30 heavy (non-hydrogen) atoms. The van der Waals surface area contributed by atoms with Gasteiger partial charge in [-0.3, -0.25) is 4.79 Å². The van der Waals surface area contributed by atoms with Gasteiger partial charge in [0.15, 0.2) is 0 Å². The van der Waals surface area contributed by atoms with Crippen LogP contribution < -0.4 is 15.0 Å². The average Bonchev–Trinajstić information content (AvgIpc) is 2.73. The molecule has 2 aromatic carbocycles. The maximum absolute atomic E-state index is 13.2. The molecule has 0 radical (unpaired) electrons. The minimum atomic E-state index is -0.460. The van der Waals surface area contributed by atoms with E-state index in [0.29, 0.717) is 27.0 Å². The molecule has 0 spiro atoms. The van der Waals surface area contributed by atoms with Gasteiger partial charge in [0.05, 0.1) is 41.2 Å². The van der Waals surface area contributed by atoms with Crippen LogP contribution in [0.15, 0.2) is 39.3 Å². The van der Waals surface area contributed by atoms with Gasteiger partial charge in [0, 0.05) is 30.7 Å². The SMILES string of the molecule is COC(=O)c1ccc(N2CCN(C)CC2)c(NC(=O)c2cc(Br)cc(Br)c2OC)c1. The van der Waals surface area contributed by atoms with Crippen LogP contribution in [0.5, 0.6) is 5.75 Å². The van der Waals surface area contributed by atoms with Crippen LogP contribution in [-0.4, -0.2) is 64.2 Å². The summed E-state index contributed by atoms with van der Waals surface area (Å²) in [4.78, 5) is 29.7. The lowest BCUT2D eigenvalue weighted by molar-refractivity contribution is 0.0600. The number of carbonyl (C=O) groups is 2. The van der Waals surface area contributed by atoms with E-state index in [9.17, 15) is 9.59 Å². The third kappa shape index (κ3) is 4.96. The quantitative estimate of drug-likeness (QED) is 0.578. The van der Waals surface area contributed by atoms with Crippen LogP contribution in [0.1, 0.15) is 20.7 Å². The monoisotopic (exact) mass is 539 g/mol. The maximum atomic E-state index is 13.2. The summed E-state index contributed by atoms with van der Waals surface area (Å²) >= 11 is 6.84. The third-order valence-corrected chi connectivity index (χ3v) is 6.01. The Bertz CT molecular complexity index is 960. The fourth-order valence-corrected chi connectivity index (χ4v) is 4.72. The normalized spacial score (nSPS) is 14.4. The number of esters is 1. The van der Waals surface area contributed by atoms with Gasteiger partial charge < -0.3 is 24.6 Å². The Balaban J connectivity index is 1.99. The van der Waals surface area contributed by atoms with Crippen molar-refractivity contribution in [3.05, 3.63) is 50.4 Å². The molecule has 7 nitrogen and oxygen atoms in total. The molecule has 0 unspecified atom stereocenters. The van der Waals surface area contributed by atoms with Gasteiger partial charge in [-0.15, -0.1) is 0 Å². The second-order valence-corrected chi connectivity index (χ2v) is 8.71. The Kier molecular flexibility index (Phi) is 7.38. The lowest BCUT2D eigenvalue weighted by Gasteiger charge is -2.35. The second-order valence-electron chi connectivity index (χ2n) is 6.94. The summed E-state index contributed by atoms with van der Waals surface area (Å²) in [5, 5.41) is 2.96. The van der Waals surface area contributed by atoms with Crippen molar-refractivity contribution < 1.29 is 19.1 Å². The molecular formula is C21H23Br2N3O4. The van der Waals surface area contributed by atoms with Gasteiger partial charge in [0.2, 0.25) is 0 Å². The molecule has 1 saturated heterocycles. The van der Waals surface area contributed by atoms with Gasteiger partial charge in [0.25, 0.3) is 5.91 Å². The van der Waals surface area contributed by atoms with Crippen molar-refractivity contribution in [1.82, 2.24) is 4.90 Å². The first-order valence-electron chi connectivity index (χ1n) is 9.34. The molecule has 0 atom stereocenters. The van der Waals surface area contributed by atoms with Crippen LogP contribution in [0.2, 0.25) is 0 Å². The molecule has 1 aliphatic rings. The zero-order chi connectivity index (χ0) is 21.8. The van der Waals surface area contributed by atoms with Gasteiger partial charge in [-0.25, -0.2) is 4.79 Å². The first-order valence-corrected chi connectivity index (χ1v) is 10.9. The van der Waals surface area contributed by atoms with Crippen molar-refractivity contribution in [2.75, 3.05) is 57.7 Å². The summed E-state index contributed by atoms with van der Waals surface area (Å²) < 4.78 is 11.7. The number of carbonyl (C=O) groups excluding carboxylic acids is 2. The van der Waals surface area contributed by atoms with Crippen molar-refractivity contribution in [3.8, 4) is 5.75 Å². The number of amides is 1. The summed E-state index contributed by atoms with van der Waals surface area (Å²) in [6, 6.07) is 8.71. The molecule has 9 heteroatoms. The Morgan fingerprint density at radius 3 is 2.37 bits per heavy atom. The molecule has 1 fully saturated rings. The summed E-state index contributed by atoms with van der Waals surface area (Å²) in [5.41, 5.74) is 2.14. The van der Waals surface area contributed by atoms with Crippen LogP contribution >= 0.6 is 31.9 Å². The van der Waals surface area contributed by atoms with Gasteiger partial charge in [-0.1, -0.05) is 15.9 Å². The zero-order valence-corrected chi connectivity index (χ0v) is 20.2.